The maximum absolute atomic E-state index is 13.4. The Bertz CT molecular complexity index is 1210. The Kier molecular flexibility index (Phi) is 6.00. The molecule has 1 atom stereocenters. The van der Waals surface area contributed by atoms with Crippen molar-refractivity contribution >= 4 is 33.4 Å². The molecule has 1 saturated heterocycles. The Morgan fingerprint density at radius 3 is 2.48 bits per heavy atom. The average Bonchev–Trinajstić information content (AvgIpc) is 3.35. The highest BCUT2D eigenvalue weighted by atomic mass is 32.2. The number of carbonyl (C=O) groups excluding carboxylic acids is 3. The van der Waals surface area contributed by atoms with Gasteiger partial charge >= 0.3 is 6.03 Å². The third-order valence-electron chi connectivity index (χ3n) is 6.32. The van der Waals surface area contributed by atoms with E-state index < -0.39 is 27.5 Å². The number of urea groups is 1. The highest BCUT2D eigenvalue weighted by Gasteiger charge is 2.52. The molecule has 1 fully saturated rings. The summed E-state index contributed by atoms with van der Waals surface area (Å²) in [6, 6.07) is 13.3. The van der Waals surface area contributed by atoms with E-state index in [1.165, 1.54) is 4.31 Å². The Morgan fingerprint density at radius 2 is 1.82 bits per heavy atom. The van der Waals surface area contributed by atoms with Gasteiger partial charge in [0, 0.05) is 12.1 Å². The smallest absolute Gasteiger partial charge is 0.319 e. The highest BCUT2D eigenvalue weighted by molar-refractivity contribution is 7.92. The SMILES string of the molecule is CCC[C@]1(c2ccccc2)NC(=O)N(CC(=O)c2ccc3c(c2)CCN3S(=O)(=O)CC)C1=O. The van der Waals surface area contributed by atoms with E-state index in [0.29, 0.717) is 42.6 Å². The van der Waals surface area contributed by atoms with Crippen molar-refractivity contribution in [3.05, 3.63) is 65.2 Å². The Labute approximate surface area is 193 Å². The minimum atomic E-state index is -3.38. The predicted molar refractivity (Wildman–Crippen MR) is 125 cm³/mol. The molecule has 9 heteroatoms. The molecule has 0 saturated carbocycles. The summed E-state index contributed by atoms with van der Waals surface area (Å²) in [6.45, 7) is 3.49. The molecule has 2 aromatic carbocycles. The van der Waals surface area contributed by atoms with E-state index in [4.69, 9.17) is 0 Å². The fraction of sp³-hybridized carbons (Fsp3) is 0.375. The normalized spacial score (nSPS) is 20.2. The summed E-state index contributed by atoms with van der Waals surface area (Å²) >= 11 is 0. The van der Waals surface area contributed by atoms with Crippen LogP contribution in [0, 0.1) is 0 Å². The van der Waals surface area contributed by atoms with Gasteiger partial charge in [-0.2, -0.15) is 0 Å². The van der Waals surface area contributed by atoms with Crippen molar-refractivity contribution in [1.82, 2.24) is 10.2 Å². The van der Waals surface area contributed by atoms with Crippen LogP contribution in [0.2, 0.25) is 0 Å². The van der Waals surface area contributed by atoms with Crippen molar-refractivity contribution in [2.75, 3.05) is 23.1 Å². The Balaban J connectivity index is 1.57. The van der Waals surface area contributed by atoms with Gasteiger partial charge in [-0.1, -0.05) is 43.7 Å². The van der Waals surface area contributed by atoms with Crippen molar-refractivity contribution in [3.63, 3.8) is 0 Å². The van der Waals surface area contributed by atoms with Crippen LogP contribution in [-0.2, 0) is 26.8 Å². The number of Topliss-reactive ketones (excluding diaryl/α,β-unsaturated/α-hetero) is 1. The van der Waals surface area contributed by atoms with E-state index in [0.717, 1.165) is 10.5 Å². The number of hydrogen-bond acceptors (Lipinski definition) is 5. The van der Waals surface area contributed by atoms with E-state index >= 15 is 0 Å². The number of carbonyl (C=O) groups is 3. The van der Waals surface area contributed by atoms with Gasteiger partial charge in [0.1, 0.15) is 5.54 Å². The van der Waals surface area contributed by atoms with Gasteiger partial charge in [0.25, 0.3) is 5.91 Å². The molecule has 0 spiro atoms. The molecule has 4 rings (SSSR count). The van der Waals surface area contributed by atoms with Gasteiger partial charge in [-0.3, -0.25) is 18.8 Å². The first-order valence-electron chi connectivity index (χ1n) is 11.1. The van der Waals surface area contributed by atoms with Crippen molar-refractivity contribution in [2.24, 2.45) is 0 Å². The van der Waals surface area contributed by atoms with E-state index in [9.17, 15) is 22.8 Å². The lowest BCUT2D eigenvalue weighted by molar-refractivity contribution is -0.131. The number of anilines is 1. The molecule has 0 aromatic heterocycles. The van der Waals surface area contributed by atoms with Gasteiger partial charge in [0.15, 0.2) is 5.78 Å². The van der Waals surface area contributed by atoms with Crippen molar-refractivity contribution in [1.29, 1.82) is 0 Å². The zero-order chi connectivity index (χ0) is 23.8. The Morgan fingerprint density at radius 1 is 1.09 bits per heavy atom. The second-order valence-corrected chi connectivity index (χ2v) is 10.5. The summed E-state index contributed by atoms with van der Waals surface area (Å²) < 4.78 is 25.9. The van der Waals surface area contributed by atoms with E-state index in [-0.39, 0.29) is 18.1 Å². The quantitative estimate of drug-likeness (QED) is 0.473. The van der Waals surface area contributed by atoms with Crippen LogP contribution < -0.4 is 9.62 Å². The van der Waals surface area contributed by atoms with E-state index in [2.05, 4.69) is 5.32 Å². The number of benzene rings is 2. The van der Waals surface area contributed by atoms with Gasteiger partial charge < -0.3 is 5.32 Å². The van der Waals surface area contributed by atoms with Crippen LogP contribution in [0.4, 0.5) is 10.5 Å². The molecule has 33 heavy (non-hydrogen) atoms. The molecule has 1 N–H and O–H groups in total. The second-order valence-electron chi connectivity index (χ2n) is 8.33. The number of nitrogens with zero attached hydrogens (tertiary/aromatic N) is 2. The number of ketones is 1. The number of imide groups is 1. The van der Waals surface area contributed by atoms with Gasteiger partial charge in [-0.25, -0.2) is 13.2 Å². The molecule has 2 aliphatic rings. The van der Waals surface area contributed by atoms with Crippen LogP contribution in [0.15, 0.2) is 48.5 Å². The number of hydrogen-bond donors (Lipinski definition) is 1. The lowest BCUT2D eigenvalue weighted by Gasteiger charge is -2.26. The number of fused-ring (bicyclic) bond motifs is 1. The average molecular weight is 470 g/mol. The first-order chi connectivity index (χ1) is 15.7. The summed E-state index contributed by atoms with van der Waals surface area (Å²) in [5.74, 6) is -0.811. The number of rotatable bonds is 8. The summed E-state index contributed by atoms with van der Waals surface area (Å²) in [5, 5.41) is 2.82. The molecule has 174 valence electrons. The zero-order valence-corrected chi connectivity index (χ0v) is 19.5. The van der Waals surface area contributed by atoms with Gasteiger partial charge in [-0.15, -0.1) is 0 Å². The topological polar surface area (TPSA) is 104 Å². The summed E-state index contributed by atoms with van der Waals surface area (Å²) in [6.07, 6.45) is 1.60. The molecular formula is C24H27N3O5S. The fourth-order valence-corrected chi connectivity index (χ4v) is 5.76. The van der Waals surface area contributed by atoms with Crippen molar-refractivity contribution < 1.29 is 22.8 Å². The molecule has 0 unspecified atom stereocenters. The standard InChI is InChI=1S/C24H27N3O5S/c1-3-13-24(19-8-6-5-7-9-19)22(29)26(23(30)25-24)16-21(28)18-10-11-20-17(15-18)12-14-27(20)33(31,32)4-2/h5-11,15H,3-4,12-14,16H2,1-2H3,(H,25,30)/t24-/m1/s1. The van der Waals surface area contributed by atoms with Crippen LogP contribution in [0.1, 0.15) is 48.2 Å². The highest BCUT2D eigenvalue weighted by Crippen LogP contribution is 2.34. The first-order valence-corrected chi connectivity index (χ1v) is 12.7. The van der Waals surface area contributed by atoms with Crippen molar-refractivity contribution in [2.45, 2.75) is 38.6 Å². The fourth-order valence-electron chi connectivity index (χ4n) is 4.60. The Hall–Kier alpha value is -3.20. The third kappa shape index (κ3) is 3.90. The minimum Gasteiger partial charge on any atom is -0.319 e. The minimum absolute atomic E-state index is 0.000228. The van der Waals surface area contributed by atoms with Gasteiger partial charge in [-0.05, 0) is 49.1 Å². The maximum atomic E-state index is 13.4. The molecule has 8 nitrogen and oxygen atoms in total. The van der Waals surface area contributed by atoms with Crippen LogP contribution in [0.3, 0.4) is 0 Å². The zero-order valence-electron chi connectivity index (χ0n) is 18.7. The monoisotopic (exact) mass is 469 g/mol. The molecule has 0 radical (unpaired) electrons. The van der Waals surface area contributed by atoms with Gasteiger partial charge in [0.2, 0.25) is 10.0 Å². The molecule has 0 bridgehead atoms. The van der Waals surface area contributed by atoms with E-state index in [1.54, 1.807) is 37.3 Å². The van der Waals surface area contributed by atoms with Gasteiger partial charge in [0.05, 0.1) is 18.0 Å². The number of sulfonamides is 1. The lowest BCUT2D eigenvalue weighted by Crippen LogP contribution is -2.44. The largest absolute Gasteiger partial charge is 0.325 e. The molecule has 2 heterocycles. The molecule has 0 aliphatic carbocycles. The summed E-state index contributed by atoms with van der Waals surface area (Å²) in [4.78, 5) is 40.1. The number of amides is 3. The summed E-state index contributed by atoms with van der Waals surface area (Å²) in [5.41, 5.74) is 1.20. The van der Waals surface area contributed by atoms with Crippen LogP contribution >= 0.6 is 0 Å². The van der Waals surface area contributed by atoms with Crippen molar-refractivity contribution in [3.8, 4) is 0 Å². The van der Waals surface area contributed by atoms with E-state index in [1.807, 2.05) is 25.1 Å². The molecule has 2 aromatic rings. The van der Waals surface area contributed by atoms with Crippen LogP contribution in [0.5, 0.6) is 0 Å². The van der Waals surface area contributed by atoms with Crippen LogP contribution in [-0.4, -0.2) is 49.9 Å². The lowest BCUT2D eigenvalue weighted by atomic mass is 9.85. The van der Waals surface area contributed by atoms with Crippen LogP contribution in [0.25, 0.3) is 0 Å². The first kappa shape index (κ1) is 23.0. The number of nitrogens with one attached hydrogen (secondary N) is 1. The molecule has 3 amide bonds. The predicted octanol–water partition coefficient (Wildman–Crippen LogP) is 2.83. The molecular weight excluding hydrogens is 442 g/mol. The second kappa shape index (κ2) is 8.62. The summed E-state index contributed by atoms with van der Waals surface area (Å²) in [7, 11) is -3.38. The maximum Gasteiger partial charge on any atom is 0.325 e. The molecule has 2 aliphatic heterocycles. The third-order valence-corrected chi connectivity index (χ3v) is 8.10.